The first-order valence-electron chi connectivity index (χ1n) is 7.10. The van der Waals surface area contributed by atoms with Gasteiger partial charge in [0.1, 0.15) is 17.7 Å². The Balaban J connectivity index is 1.85. The Morgan fingerprint density at radius 1 is 1.15 bits per heavy atom. The summed E-state index contributed by atoms with van der Waals surface area (Å²) in [6, 6.07) is -0.381. The van der Waals surface area contributed by atoms with Crippen LogP contribution >= 0.6 is 0 Å². The van der Waals surface area contributed by atoms with Crippen LogP contribution in [-0.2, 0) is 22.4 Å². The molecule has 1 aromatic rings. The molecule has 0 saturated carbocycles. The molecule has 1 saturated heterocycles. The van der Waals surface area contributed by atoms with E-state index in [0.717, 1.165) is 48.6 Å². The molecule has 2 N–H and O–H groups in total. The zero-order valence-corrected chi connectivity index (χ0v) is 11.5. The van der Waals surface area contributed by atoms with Crippen molar-refractivity contribution in [3.05, 3.63) is 17.1 Å². The predicted molar refractivity (Wildman–Crippen MR) is 73.2 cm³/mol. The van der Waals surface area contributed by atoms with E-state index in [1.165, 1.54) is 0 Å². The molecule has 1 unspecified atom stereocenters. The van der Waals surface area contributed by atoms with Crippen LogP contribution in [0.2, 0.25) is 0 Å². The van der Waals surface area contributed by atoms with E-state index in [1.807, 2.05) is 6.92 Å². The molecule has 0 aromatic carbocycles. The normalized spacial score (nSPS) is 22.1. The van der Waals surface area contributed by atoms with E-state index in [0.29, 0.717) is 12.8 Å². The number of aromatic nitrogens is 2. The number of nitrogens with one attached hydrogen (secondary N) is 2. The summed E-state index contributed by atoms with van der Waals surface area (Å²) in [5.74, 6) is 1.03. The van der Waals surface area contributed by atoms with Crippen LogP contribution in [0, 0.1) is 6.92 Å². The number of hydrogen-bond donors (Lipinski definition) is 2. The lowest BCUT2D eigenvalue weighted by Gasteiger charge is -2.25. The average molecular weight is 274 g/mol. The van der Waals surface area contributed by atoms with Crippen molar-refractivity contribution >= 4 is 17.6 Å². The first-order valence-corrected chi connectivity index (χ1v) is 7.10. The van der Waals surface area contributed by atoms with Crippen LogP contribution in [0.25, 0.3) is 0 Å². The van der Waals surface area contributed by atoms with E-state index < -0.39 is 0 Å². The molecule has 2 aliphatic rings. The number of fused-ring (bicyclic) bond motifs is 1. The zero-order chi connectivity index (χ0) is 14.1. The molecule has 3 rings (SSSR count). The molecule has 1 aromatic heterocycles. The zero-order valence-electron chi connectivity index (χ0n) is 11.5. The second-order valence-corrected chi connectivity index (χ2v) is 5.40. The van der Waals surface area contributed by atoms with Crippen molar-refractivity contribution in [2.75, 3.05) is 5.32 Å². The minimum Gasteiger partial charge on any atom is -0.358 e. The molecule has 1 fully saturated rings. The number of nitrogens with zero attached hydrogens (tertiary/aromatic N) is 2. The van der Waals surface area contributed by atoms with Crippen molar-refractivity contribution in [2.24, 2.45) is 0 Å². The molecule has 1 atom stereocenters. The molecule has 6 nitrogen and oxygen atoms in total. The Morgan fingerprint density at radius 3 is 2.75 bits per heavy atom. The molecule has 1 aliphatic carbocycles. The fourth-order valence-electron chi connectivity index (χ4n) is 2.83. The van der Waals surface area contributed by atoms with Crippen LogP contribution in [0.3, 0.4) is 0 Å². The fraction of sp³-hybridized carbons (Fsp3) is 0.571. The summed E-state index contributed by atoms with van der Waals surface area (Å²) >= 11 is 0. The second-order valence-electron chi connectivity index (χ2n) is 5.40. The molecular formula is C14H18N4O2. The topological polar surface area (TPSA) is 84.0 Å². The van der Waals surface area contributed by atoms with E-state index in [4.69, 9.17) is 0 Å². The van der Waals surface area contributed by atoms with Gasteiger partial charge in [-0.3, -0.25) is 14.9 Å². The number of rotatable bonds is 2. The Bertz CT molecular complexity index is 571. The third-order valence-corrected chi connectivity index (χ3v) is 3.85. The Morgan fingerprint density at radius 2 is 1.95 bits per heavy atom. The molecule has 1 aliphatic heterocycles. The monoisotopic (exact) mass is 274 g/mol. The maximum absolute atomic E-state index is 11.8. The van der Waals surface area contributed by atoms with Crippen molar-refractivity contribution in [2.45, 2.75) is 51.5 Å². The minimum absolute atomic E-state index is 0.200. The Labute approximate surface area is 117 Å². The molecular weight excluding hydrogens is 256 g/mol. The number of hydrogen-bond acceptors (Lipinski definition) is 5. The molecule has 2 amide bonds. The predicted octanol–water partition coefficient (Wildman–Crippen LogP) is 0.881. The SMILES string of the molecule is Cc1nc2c(c(NC3CCC(=O)NC3=O)n1)CCCC2. The first kappa shape index (κ1) is 13.0. The van der Waals surface area contributed by atoms with Crippen molar-refractivity contribution in [3.8, 4) is 0 Å². The number of carbonyl (C=O) groups is 2. The summed E-state index contributed by atoms with van der Waals surface area (Å²) < 4.78 is 0. The molecule has 2 heterocycles. The van der Waals surface area contributed by atoms with Gasteiger partial charge in [-0.05, 0) is 39.0 Å². The summed E-state index contributed by atoms with van der Waals surface area (Å²) in [4.78, 5) is 31.9. The van der Waals surface area contributed by atoms with Gasteiger partial charge in [-0.25, -0.2) is 9.97 Å². The molecule has 20 heavy (non-hydrogen) atoms. The van der Waals surface area contributed by atoms with Crippen molar-refractivity contribution in [3.63, 3.8) is 0 Å². The van der Waals surface area contributed by atoms with Gasteiger partial charge < -0.3 is 5.32 Å². The lowest BCUT2D eigenvalue weighted by molar-refractivity contribution is -0.133. The highest BCUT2D eigenvalue weighted by molar-refractivity contribution is 6.01. The van der Waals surface area contributed by atoms with Gasteiger partial charge in [-0.15, -0.1) is 0 Å². The van der Waals surface area contributed by atoms with E-state index >= 15 is 0 Å². The summed E-state index contributed by atoms with van der Waals surface area (Å²) in [5, 5.41) is 5.57. The van der Waals surface area contributed by atoms with Crippen LogP contribution in [0.5, 0.6) is 0 Å². The Kier molecular flexibility index (Phi) is 3.38. The van der Waals surface area contributed by atoms with Crippen LogP contribution in [0.1, 0.15) is 42.8 Å². The minimum atomic E-state index is -0.381. The smallest absolute Gasteiger partial charge is 0.249 e. The van der Waals surface area contributed by atoms with Gasteiger partial charge >= 0.3 is 0 Å². The van der Waals surface area contributed by atoms with Crippen molar-refractivity contribution in [1.82, 2.24) is 15.3 Å². The van der Waals surface area contributed by atoms with Crippen LogP contribution in [0.15, 0.2) is 0 Å². The van der Waals surface area contributed by atoms with Gasteiger partial charge in [0.2, 0.25) is 11.8 Å². The van der Waals surface area contributed by atoms with Crippen molar-refractivity contribution < 1.29 is 9.59 Å². The standard InChI is InChI=1S/C14H18N4O2/c1-8-15-10-5-3-2-4-9(10)13(16-8)17-11-6-7-12(19)18-14(11)20/h11H,2-7H2,1H3,(H,15,16,17)(H,18,19,20). The fourth-order valence-corrected chi connectivity index (χ4v) is 2.83. The van der Waals surface area contributed by atoms with Gasteiger partial charge in [-0.1, -0.05) is 0 Å². The number of aryl methyl sites for hydroxylation is 2. The van der Waals surface area contributed by atoms with E-state index in [2.05, 4.69) is 20.6 Å². The highest BCUT2D eigenvalue weighted by atomic mass is 16.2. The van der Waals surface area contributed by atoms with E-state index in [9.17, 15) is 9.59 Å². The average Bonchev–Trinajstić information content (AvgIpc) is 2.41. The van der Waals surface area contributed by atoms with Gasteiger partial charge in [0.05, 0.1) is 0 Å². The summed E-state index contributed by atoms with van der Waals surface area (Å²) in [5.41, 5.74) is 2.23. The maximum atomic E-state index is 11.8. The summed E-state index contributed by atoms with van der Waals surface area (Å²) in [6.45, 7) is 1.87. The maximum Gasteiger partial charge on any atom is 0.249 e. The number of carbonyl (C=O) groups excluding carboxylic acids is 2. The molecule has 6 heteroatoms. The molecule has 0 bridgehead atoms. The third-order valence-electron chi connectivity index (χ3n) is 3.85. The summed E-state index contributed by atoms with van der Waals surface area (Å²) in [7, 11) is 0. The lowest BCUT2D eigenvalue weighted by Crippen LogP contribution is -2.47. The van der Waals surface area contributed by atoms with E-state index in [-0.39, 0.29) is 17.9 Å². The lowest BCUT2D eigenvalue weighted by atomic mass is 9.96. The van der Waals surface area contributed by atoms with Gasteiger partial charge in [0.25, 0.3) is 0 Å². The van der Waals surface area contributed by atoms with Gasteiger partial charge in [0.15, 0.2) is 0 Å². The van der Waals surface area contributed by atoms with E-state index in [1.54, 1.807) is 0 Å². The van der Waals surface area contributed by atoms with Gasteiger partial charge in [-0.2, -0.15) is 0 Å². The molecule has 0 radical (unpaired) electrons. The molecule has 0 spiro atoms. The second kappa shape index (κ2) is 5.19. The summed E-state index contributed by atoms with van der Waals surface area (Å²) in [6.07, 6.45) is 5.09. The quantitative estimate of drug-likeness (QED) is 0.782. The Hall–Kier alpha value is -1.98. The van der Waals surface area contributed by atoms with Crippen LogP contribution in [0.4, 0.5) is 5.82 Å². The first-order chi connectivity index (χ1) is 9.63. The highest BCUT2D eigenvalue weighted by Crippen LogP contribution is 2.26. The number of amides is 2. The van der Waals surface area contributed by atoms with Crippen LogP contribution in [-0.4, -0.2) is 27.8 Å². The number of imide groups is 1. The largest absolute Gasteiger partial charge is 0.358 e. The molecule has 106 valence electrons. The van der Waals surface area contributed by atoms with Crippen molar-refractivity contribution in [1.29, 1.82) is 0 Å². The third kappa shape index (κ3) is 2.50. The number of anilines is 1. The number of piperidine rings is 1. The highest BCUT2D eigenvalue weighted by Gasteiger charge is 2.28. The van der Waals surface area contributed by atoms with Crippen LogP contribution < -0.4 is 10.6 Å². The van der Waals surface area contributed by atoms with Gasteiger partial charge in [0, 0.05) is 17.7 Å².